The van der Waals surface area contributed by atoms with Crippen LogP contribution in [0.5, 0.6) is 0 Å². The predicted octanol–water partition coefficient (Wildman–Crippen LogP) is 2.76. The average Bonchev–Trinajstić information content (AvgIpc) is 2.25. The van der Waals surface area contributed by atoms with Gasteiger partial charge in [-0.3, -0.25) is 4.79 Å². The molecule has 1 aromatic heterocycles. The number of hydrogen-bond acceptors (Lipinski definition) is 2. The van der Waals surface area contributed by atoms with Gasteiger partial charge >= 0.3 is 0 Å². The third kappa shape index (κ3) is 3.49. The Balaban J connectivity index is 2.57. The number of nitrogens with zero attached hydrogens (tertiary/aromatic N) is 1. The van der Waals surface area contributed by atoms with Crippen molar-refractivity contribution in [1.82, 2.24) is 10.3 Å². The molecular weight excluding hydrogens is 224 g/mol. The Labute approximate surface area is 101 Å². The number of rotatable bonds is 4. The zero-order valence-corrected chi connectivity index (χ0v) is 10.6. The van der Waals surface area contributed by atoms with Crippen molar-refractivity contribution in [3.8, 4) is 0 Å². The van der Waals surface area contributed by atoms with Crippen molar-refractivity contribution in [1.29, 1.82) is 0 Å². The summed E-state index contributed by atoms with van der Waals surface area (Å²) in [7, 11) is 0. The van der Waals surface area contributed by atoms with Crippen molar-refractivity contribution in [3.63, 3.8) is 0 Å². The van der Waals surface area contributed by atoms with E-state index in [1.54, 1.807) is 18.3 Å². The average molecular weight is 241 g/mol. The van der Waals surface area contributed by atoms with E-state index in [4.69, 9.17) is 11.6 Å². The number of amides is 1. The Morgan fingerprint density at radius 2 is 2.19 bits per heavy atom. The van der Waals surface area contributed by atoms with Gasteiger partial charge in [-0.15, -0.1) is 0 Å². The van der Waals surface area contributed by atoms with Gasteiger partial charge in [0.1, 0.15) is 5.15 Å². The Hall–Kier alpha value is -1.09. The van der Waals surface area contributed by atoms with E-state index in [9.17, 15) is 4.79 Å². The minimum Gasteiger partial charge on any atom is -0.352 e. The summed E-state index contributed by atoms with van der Waals surface area (Å²) in [5.74, 6) is 0.828. The van der Waals surface area contributed by atoms with Crippen molar-refractivity contribution < 1.29 is 4.79 Å². The molecule has 0 radical (unpaired) electrons. The number of aromatic nitrogens is 1. The molecule has 0 aliphatic rings. The second-order valence-corrected chi connectivity index (χ2v) is 4.63. The summed E-state index contributed by atoms with van der Waals surface area (Å²) < 4.78 is 0. The highest BCUT2D eigenvalue weighted by atomic mass is 35.5. The first kappa shape index (κ1) is 13.0. The fraction of sp³-hybridized carbons (Fsp3) is 0.500. The third-order valence-electron chi connectivity index (χ3n) is 2.73. The van der Waals surface area contributed by atoms with Gasteiger partial charge in [0.05, 0.1) is 5.56 Å². The maximum atomic E-state index is 11.8. The molecule has 1 atom stereocenters. The Morgan fingerprint density at radius 3 is 2.75 bits per heavy atom. The molecule has 1 rings (SSSR count). The molecule has 0 aromatic carbocycles. The van der Waals surface area contributed by atoms with Gasteiger partial charge in [0.25, 0.3) is 5.91 Å². The third-order valence-corrected chi connectivity index (χ3v) is 3.03. The van der Waals surface area contributed by atoms with Crippen molar-refractivity contribution in [2.75, 3.05) is 6.54 Å². The van der Waals surface area contributed by atoms with Crippen LogP contribution in [0.4, 0.5) is 0 Å². The van der Waals surface area contributed by atoms with E-state index >= 15 is 0 Å². The summed E-state index contributed by atoms with van der Waals surface area (Å²) in [5, 5.41) is 3.10. The van der Waals surface area contributed by atoms with Crippen LogP contribution < -0.4 is 5.32 Å². The van der Waals surface area contributed by atoms with Crippen LogP contribution in [-0.4, -0.2) is 17.4 Å². The van der Waals surface area contributed by atoms with E-state index in [0.29, 0.717) is 23.9 Å². The van der Waals surface area contributed by atoms with E-state index < -0.39 is 0 Å². The van der Waals surface area contributed by atoms with Crippen LogP contribution in [-0.2, 0) is 0 Å². The summed E-state index contributed by atoms with van der Waals surface area (Å²) in [5.41, 5.74) is 0.431. The minimum absolute atomic E-state index is 0.161. The standard InChI is InChI=1S/C12H17ClN2O/c1-8(2)9(3)7-15-12(16)10-5-4-6-14-11(10)13/h4-6,8-9H,7H2,1-3H3,(H,15,16). The number of hydrogen-bond donors (Lipinski definition) is 1. The zero-order valence-electron chi connectivity index (χ0n) is 9.83. The molecule has 1 aromatic rings. The molecule has 0 aliphatic carbocycles. The van der Waals surface area contributed by atoms with Gasteiger partial charge in [0.2, 0.25) is 0 Å². The molecule has 0 saturated carbocycles. The molecule has 16 heavy (non-hydrogen) atoms. The first-order valence-electron chi connectivity index (χ1n) is 5.41. The van der Waals surface area contributed by atoms with Crippen molar-refractivity contribution in [2.24, 2.45) is 11.8 Å². The highest BCUT2D eigenvalue weighted by Crippen LogP contribution is 2.12. The molecule has 1 unspecified atom stereocenters. The number of carbonyl (C=O) groups excluding carboxylic acids is 1. The lowest BCUT2D eigenvalue weighted by Gasteiger charge is -2.16. The van der Waals surface area contributed by atoms with Crippen LogP contribution in [0.25, 0.3) is 0 Å². The summed E-state index contributed by atoms with van der Waals surface area (Å²) >= 11 is 5.83. The van der Waals surface area contributed by atoms with Crippen molar-refractivity contribution in [2.45, 2.75) is 20.8 Å². The molecule has 0 bridgehead atoms. The molecule has 1 heterocycles. The number of nitrogens with one attached hydrogen (secondary N) is 1. The van der Waals surface area contributed by atoms with E-state index in [-0.39, 0.29) is 11.1 Å². The summed E-state index contributed by atoms with van der Waals surface area (Å²) in [4.78, 5) is 15.6. The minimum atomic E-state index is -0.161. The topological polar surface area (TPSA) is 42.0 Å². The monoisotopic (exact) mass is 240 g/mol. The second-order valence-electron chi connectivity index (χ2n) is 4.27. The molecule has 0 aliphatic heterocycles. The largest absolute Gasteiger partial charge is 0.352 e. The van der Waals surface area contributed by atoms with Crippen LogP contribution in [0.1, 0.15) is 31.1 Å². The fourth-order valence-corrected chi connectivity index (χ4v) is 1.35. The van der Waals surface area contributed by atoms with Crippen LogP contribution in [0.2, 0.25) is 5.15 Å². The van der Waals surface area contributed by atoms with Crippen molar-refractivity contribution >= 4 is 17.5 Å². The smallest absolute Gasteiger partial charge is 0.254 e. The van der Waals surface area contributed by atoms with Crippen LogP contribution in [0.15, 0.2) is 18.3 Å². The molecule has 4 heteroatoms. The van der Waals surface area contributed by atoms with E-state index in [0.717, 1.165) is 0 Å². The first-order valence-corrected chi connectivity index (χ1v) is 5.79. The van der Waals surface area contributed by atoms with Crippen molar-refractivity contribution in [3.05, 3.63) is 29.0 Å². The van der Waals surface area contributed by atoms with E-state index in [2.05, 4.69) is 31.1 Å². The summed E-state index contributed by atoms with van der Waals surface area (Å²) in [6, 6.07) is 3.37. The molecule has 1 amide bonds. The Bertz CT molecular complexity index is 366. The van der Waals surface area contributed by atoms with Crippen LogP contribution >= 0.6 is 11.6 Å². The molecular formula is C12H17ClN2O. The van der Waals surface area contributed by atoms with Crippen LogP contribution in [0.3, 0.4) is 0 Å². The Kier molecular flexibility index (Phi) is 4.74. The summed E-state index contributed by atoms with van der Waals surface area (Å²) in [6.45, 7) is 7.03. The van der Waals surface area contributed by atoms with Gasteiger partial charge in [-0.25, -0.2) is 4.98 Å². The van der Waals surface area contributed by atoms with E-state index in [1.807, 2.05) is 0 Å². The SMILES string of the molecule is CC(C)C(C)CNC(=O)c1cccnc1Cl. The molecule has 3 nitrogen and oxygen atoms in total. The highest BCUT2D eigenvalue weighted by molar-refractivity contribution is 6.32. The predicted molar refractivity (Wildman–Crippen MR) is 65.6 cm³/mol. The molecule has 1 N–H and O–H groups in total. The quantitative estimate of drug-likeness (QED) is 0.823. The maximum absolute atomic E-state index is 11.8. The number of pyridine rings is 1. The van der Waals surface area contributed by atoms with Gasteiger partial charge in [0.15, 0.2) is 0 Å². The second kappa shape index (κ2) is 5.85. The molecule has 88 valence electrons. The van der Waals surface area contributed by atoms with Gasteiger partial charge in [-0.2, -0.15) is 0 Å². The lowest BCUT2D eigenvalue weighted by molar-refractivity contribution is 0.0944. The lowest BCUT2D eigenvalue weighted by atomic mass is 9.98. The fourth-order valence-electron chi connectivity index (χ4n) is 1.14. The van der Waals surface area contributed by atoms with Crippen LogP contribution in [0, 0.1) is 11.8 Å². The summed E-state index contributed by atoms with van der Waals surface area (Å²) in [6.07, 6.45) is 1.57. The zero-order chi connectivity index (χ0) is 12.1. The molecule has 0 saturated heterocycles. The van der Waals surface area contributed by atoms with Gasteiger partial charge in [-0.1, -0.05) is 32.4 Å². The normalized spacial score (nSPS) is 12.6. The lowest BCUT2D eigenvalue weighted by Crippen LogP contribution is -2.30. The number of carbonyl (C=O) groups is 1. The first-order chi connectivity index (χ1) is 7.52. The molecule has 0 spiro atoms. The Morgan fingerprint density at radius 1 is 1.50 bits per heavy atom. The highest BCUT2D eigenvalue weighted by Gasteiger charge is 2.12. The van der Waals surface area contributed by atoms with Gasteiger partial charge in [0, 0.05) is 12.7 Å². The molecule has 0 fully saturated rings. The van der Waals surface area contributed by atoms with E-state index in [1.165, 1.54) is 0 Å². The maximum Gasteiger partial charge on any atom is 0.254 e. The number of halogens is 1. The van der Waals surface area contributed by atoms with Gasteiger partial charge < -0.3 is 5.32 Å². The van der Waals surface area contributed by atoms with Gasteiger partial charge in [-0.05, 0) is 24.0 Å².